The lowest BCUT2D eigenvalue weighted by Gasteiger charge is -2.25. The maximum atomic E-state index is 13.5. The van der Waals surface area contributed by atoms with Gasteiger partial charge in [-0.1, -0.05) is 0 Å². The Morgan fingerprint density at radius 1 is 0.634 bits per heavy atom. The highest BCUT2D eigenvalue weighted by atomic mass is 19.4. The Morgan fingerprint density at radius 2 is 1.10 bits per heavy atom. The predicted octanol–water partition coefficient (Wildman–Crippen LogP) is 4.62. The van der Waals surface area contributed by atoms with E-state index in [4.69, 9.17) is 14.2 Å². The molecule has 0 fully saturated rings. The van der Waals surface area contributed by atoms with Crippen LogP contribution in [-0.2, 0) is 36.0 Å². The number of halogens is 6. The first-order valence-electron chi connectivity index (χ1n) is 11.8. The number of anilines is 1. The molecule has 15 heteroatoms. The van der Waals surface area contributed by atoms with Crippen LogP contribution in [-0.4, -0.2) is 78.8 Å². The second-order valence-electron chi connectivity index (χ2n) is 8.22. The third-order valence-electron chi connectivity index (χ3n) is 5.41. The van der Waals surface area contributed by atoms with Crippen LogP contribution in [0.2, 0.25) is 0 Å². The van der Waals surface area contributed by atoms with Gasteiger partial charge in [0.25, 0.3) is 5.91 Å². The molecule has 0 aliphatic carbocycles. The van der Waals surface area contributed by atoms with Crippen molar-refractivity contribution in [2.45, 2.75) is 12.4 Å². The fourth-order valence-electron chi connectivity index (χ4n) is 3.44. The van der Waals surface area contributed by atoms with Crippen LogP contribution in [0.25, 0.3) is 0 Å². The Morgan fingerprint density at radius 3 is 1.54 bits per heavy atom. The van der Waals surface area contributed by atoms with Crippen LogP contribution in [0.3, 0.4) is 0 Å². The van der Waals surface area contributed by atoms with Crippen molar-refractivity contribution in [3.63, 3.8) is 0 Å². The van der Waals surface area contributed by atoms with Crippen molar-refractivity contribution in [3.05, 3.63) is 64.2 Å². The zero-order chi connectivity index (χ0) is 30.8. The molecule has 0 aliphatic rings. The van der Waals surface area contributed by atoms with E-state index in [1.165, 1.54) is 7.11 Å². The van der Waals surface area contributed by atoms with Crippen molar-refractivity contribution in [1.82, 2.24) is 0 Å². The lowest BCUT2D eigenvalue weighted by Crippen LogP contribution is -2.35. The van der Waals surface area contributed by atoms with Gasteiger partial charge >= 0.3 is 24.3 Å². The van der Waals surface area contributed by atoms with Crippen LogP contribution in [0.1, 0.15) is 42.2 Å². The summed E-state index contributed by atoms with van der Waals surface area (Å²) in [6.07, 6.45) is -10.4. The van der Waals surface area contributed by atoms with Crippen LogP contribution in [0.5, 0.6) is 0 Å². The number of rotatable bonds is 13. The number of ether oxygens (including phenoxy) is 5. The van der Waals surface area contributed by atoms with E-state index >= 15 is 0 Å². The van der Waals surface area contributed by atoms with Crippen molar-refractivity contribution in [3.8, 4) is 0 Å². The normalized spacial score (nSPS) is 11.7. The molecular weight excluding hydrogens is 568 g/mol. The molecule has 41 heavy (non-hydrogen) atoms. The molecule has 9 nitrogen and oxygen atoms in total. The monoisotopic (exact) mass is 595 g/mol. The average molecular weight is 595 g/mol. The van der Waals surface area contributed by atoms with E-state index in [2.05, 4.69) is 9.47 Å². The maximum Gasteiger partial charge on any atom is 0.416 e. The zero-order valence-electron chi connectivity index (χ0n) is 22.2. The van der Waals surface area contributed by atoms with Crippen molar-refractivity contribution in [1.29, 1.82) is 0 Å². The fraction of sp³-hybridized carbons (Fsp3) is 0.423. The topological polar surface area (TPSA) is 101 Å². The summed E-state index contributed by atoms with van der Waals surface area (Å²) in [5.41, 5.74) is -5.04. The van der Waals surface area contributed by atoms with Crippen molar-refractivity contribution in [2.24, 2.45) is 0 Å². The highest BCUT2D eigenvalue weighted by Crippen LogP contribution is 2.37. The number of benzene rings is 2. The molecule has 226 valence electrons. The van der Waals surface area contributed by atoms with E-state index in [9.17, 15) is 40.7 Å². The zero-order valence-corrected chi connectivity index (χ0v) is 22.2. The number of carbonyl (C=O) groups is 3. The molecule has 0 aliphatic heterocycles. The number of methoxy groups -OCH3 is 3. The van der Waals surface area contributed by atoms with Gasteiger partial charge in [-0.25, -0.2) is 9.59 Å². The smallest absolute Gasteiger partial charge is 0.416 e. The van der Waals surface area contributed by atoms with Crippen LogP contribution in [0.4, 0.5) is 32.0 Å². The molecule has 1 amide bonds. The largest absolute Gasteiger partial charge is 0.465 e. The molecule has 0 atom stereocenters. The minimum atomic E-state index is -5.20. The summed E-state index contributed by atoms with van der Waals surface area (Å²) in [6.45, 7) is 0.115. The van der Waals surface area contributed by atoms with Gasteiger partial charge in [-0.3, -0.25) is 4.79 Å². The number of amides is 1. The second kappa shape index (κ2) is 14.8. The van der Waals surface area contributed by atoms with Gasteiger partial charge in [0.15, 0.2) is 0 Å². The highest BCUT2D eigenvalue weighted by molar-refractivity contribution is 6.08. The van der Waals surface area contributed by atoms with Gasteiger partial charge in [-0.15, -0.1) is 0 Å². The summed E-state index contributed by atoms with van der Waals surface area (Å²) in [4.78, 5) is 38.8. The van der Waals surface area contributed by atoms with Crippen LogP contribution >= 0.6 is 0 Å². The minimum absolute atomic E-state index is 0.0309. The van der Waals surface area contributed by atoms with E-state index < -0.39 is 53.4 Å². The number of hydrogen-bond donors (Lipinski definition) is 0. The first kappa shape index (κ1) is 33.5. The molecule has 0 radical (unpaired) electrons. The van der Waals surface area contributed by atoms with Gasteiger partial charge in [0.2, 0.25) is 0 Å². The van der Waals surface area contributed by atoms with Gasteiger partial charge < -0.3 is 28.6 Å². The molecule has 2 rings (SSSR count). The third-order valence-corrected chi connectivity index (χ3v) is 5.41. The summed E-state index contributed by atoms with van der Waals surface area (Å²) in [5.74, 6) is -3.17. The molecule has 0 spiro atoms. The van der Waals surface area contributed by atoms with Crippen LogP contribution < -0.4 is 4.90 Å². The molecule has 0 heterocycles. The van der Waals surface area contributed by atoms with Crippen molar-refractivity contribution < 1.29 is 64.4 Å². The number of alkyl halides is 6. The highest BCUT2D eigenvalue weighted by Gasteiger charge is 2.38. The molecule has 2 aromatic carbocycles. The summed E-state index contributed by atoms with van der Waals surface area (Å²) < 4.78 is 105. The molecule has 0 N–H and O–H groups in total. The van der Waals surface area contributed by atoms with E-state index in [0.29, 0.717) is 6.61 Å². The van der Waals surface area contributed by atoms with Gasteiger partial charge in [-0.05, 0) is 36.4 Å². The average Bonchev–Trinajstić information content (AvgIpc) is 2.93. The Kier molecular flexibility index (Phi) is 12.1. The van der Waals surface area contributed by atoms with E-state index in [0.717, 1.165) is 37.3 Å². The first-order chi connectivity index (χ1) is 19.2. The first-order valence-corrected chi connectivity index (χ1v) is 11.8. The molecule has 0 saturated heterocycles. The quantitative estimate of drug-likeness (QED) is 0.188. The van der Waals surface area contributed by atoms with Crippen molar-refractivity contribution in [2.75, 3.05) is 65.8 Å². The third kappa shape index (κ3) is 9.72. The molecule has 0 saturated carbocycles. The lowest BCUT2D eigenvalue weighted by atomic mass is 10.0. The minimum Gasteiger partial charge on any atom is -0.465 e. The van der Waals surface area contributed by atoms with Gasteiger partial charge in [0, 0.05) is 24.9 Å². The summed E-state index contributed by atoms with van der Waals surface area (Å²) in [6, 6.07) is 3.70. The number of hydrogen-bond acceptors (Lipinski definition) is 8. The van der Waals surface area contributed by atoms with E-state index in [1.807, 2.05) is 0 Å². The Labute approximate surface area is 230 Å². The maximum absolute atomic E-state index is 13.5. The van der Waals surface area contributed by atoms with E-state index in [-0.39, 0.29) is 61.4 Å². The molecular formula is C26H27F6NO8. The Balaban J connectivity index is 2.55. The number of nitrogens with zero attached hydrogens (tertiary/aromatic N) is 1. The van der Waals surface area contributed by atoms with E-state index in [1.54, 1.807) is 0 Å². The number of esters is 2. The van der Waals surface area contributed by atoms with Gasteiger partial charge in [0.1, 0.15) is 0 Å². The molecule has 0 bridgehead atoms. The van der Waals surface area contributed by atoms with Crippen LogP contribution in [0.15, 0.2) is 36.4 Å². The lowest BCUT2D eigenvalue weighted by molar-refractivity contribution is -0.143. The van der Waals surface area contributed by atoms with Gasteiger partial charge in [-0.2, -0.15) is 26.3 Å². The Bertz CT molecular complexity index is 1150. The van der Waals surface area contributed by atoms with Crippen molar-refractivity contribution >= 4 is 23.5 Å². The molecule has 2 aromatic rings. The fourth-order valence-corrected chi connectivity index (χ4v) is 3.44. The summed E-state index contributed by atoms with van der Waals surface area (Å²) in [7, 11) is 3.56. The predicted molar refractivity (Wildman–Crippen MR) is 131 cm³/mol. The number of carbonyl (C=O) groups excluding carboxylic acids is 3. The Hall–Kier alpha value is -3.69. The van der Waals surface area contributed by atoms with Crippen LogP contribution in [0, 0.1) is 0 Å². The summed E-state index contributed by atoms with van der Waals surface area (Å²) in [5, 5.41) is 0. The molecule has 0 aromatic heterocycles. The summed E-state index contributed by atoms with van der Waals surface area (Å²) >= 11 is 0. The standard InChI is InChI=1S/C26H27F6NO8/c1-37-6-7-41-9-8-40-5-4-33(21-13-17(23(35)38-2)10-18(14-21)24(36)39-3)22(34)16-11-19(25(27,28)29)15-20(12-16)26(30,31)32/h10-15H,4-9H2,1-3H3. The second-order valence-corrected chi connectivity index (χ2v) is 8.22. The molecule has 0 unspecified atom stereocenters. The van der Waals surface area contributed by atoms with Gasteiger partial charge in [0.05, 0.1) is 69.5 Å². The SMILES string of the molecule is COCCOCCOCCN(C(=O)c1cc(C(F)(F)F)cc(C(F)(F)F)c1)c1cc(C(=O)OC)cc(C(=O)OC)c1.